The Labute approximate surface area is 49.9 Å². The van der Waals surface area contributed by atoms with Gasteiger partial charge in [-0.15, -0.1) is 0 Å². The van der Waals surface area contributed by atoms with Gasteiger partial charge in [-0.1, -0.05) is 29.5 Å². The highest BCUT2D eigenvalue weighted by Gasteiger charge is 1.82. The number of halogens is 1. The minimum Gasteiger partial charge on any atom is -0.0872 e. The fraction of sp³-hybridized carbons (Fsp3) is 1.00. The molecule has 0 amide bonds. The summed E-state index contributed by atoms with van der Waals surface area (Å²) in [5.74, 6) is 0. The van der Waals surface area contributed by atoms with Crippen LogP contribution in [-0.2, 0) is 0 Å². The molecule has 32 valence electrons. The van der Waals surface area contributed by atoms with Crippen molar-refractivity contribution in [3.05, 3.63) is 0 Å². The van der Waals surface area contributed by atoms with Crippen LogP contribution in [0, 0.1) is 0 Å². The van der Waals surface area contributed by atoms with Gasteiger partial charge in [-0.2, -0.15) is 0 Å². The molecule has 0 saturated carbocycles. The van der Waals surface area contributed by atoms with E-state index in [1.807, 2.05) is 0 Å². The maximum Gasteiger partial charge on any atom is 0.0190 e. The minimum atomic E-state index is 0.993. The van der Waals surface area contributed by atoms with Crippen molar-refractivity contribution in [3.8, 4) is 0 Å². The summed E-state index contributed by atoms with van der Waals surface area (Å²) in [6.45, 7) is 2.23. The number of alkyl halides is 1. The van der Waals surface area contributed by atoms with E-state index in [0.29, 0.717) is 0 Å². The predicted octanol–water partition coefficient (Wildman–Crippen LogP) is 0.523. The van der Waals surface area contributed by atoms with Crippen LogP contribution in [0.5, 0.6) is 0 Å². The van der Waals surface area contributed by atoms with Crippen LogP contribution in [-0.4, -0.2) is 13.8 Å². The van der Waals surface area contributed by atoms with Gasteiger partial charge >= 0.3 is 0 Å². The molecule has 1 unspecified atom stereocenters. The van der Waals surface area contributed by atoms with Crippen molar-refractivity contribution in [2.45, 2.75) is 16.9 Å². The third-order valence-electron chi connectivity index (χ3n) is 0.563. The van der Waals surface area contributed by atoms with Gasteiger partial charge in [-0.25, -0.2) is 0 Å². The predicted molar refractivity (Wildman–Crippen MR) is 38.0 cm³/mol. The zero-order valence-corrected chi connectivity index (χ0v) is 7.82. The maximum atomic E-state index is 2.47. The summed E-state index contributed by atoms with van der Waals surface area (Å²) < 4.78 is 0.993. The highest BCUT2D eigenvalue weighted by atomic mass is 127. The molecule has 0 saturated heterocycles. The monoisotopic (exact) mass is 200 g/mol. The fourth-order valence-corrected chi connectivity index (χ4v) is 0. The van der Waals surface area contributed by atoms with E-state index in [-0.39, 0.29) is 0 Å². The Balaban J connectivity index is 2.54. The molecule has 0 aliphatic heterocycles. The molecule has 0 bridgehead atoms. The first-order valence-corrected chi connectivity index (χ1v) is 4.31. The van der Waals surface area contributed by atoms with E-state index in [9.17, 15) is 0 Å². The Bertz CT molecular complexity index is 20.9. The Morgan fingerprint density at radius 1 is 2.00 bits per heavy atom. The van der Waals surface area contributed by atoms with Crippen molar-refractivity contribution >= 4 is 32.8 Å². The number of hydrogen-bond donors (Lipinski definition) is 0. The molecule has 0 spiro atoms. The molecule has 0 heterocycles. The van der Waals surface area contributed by atoms with Gasteiger partial charge in [-0.05, 0) is 9.97 Å². The Kier molecular flexibility index (Phi) is 3.75. The molecule has 0 radical (unpaired) electrons. The van der Waals surface area contributed by atoms with E-state index < -0.39 is 0 Å². The Morgan fingerprint density at radius 3 is 2.20 bits per heavy atom. The van der Waals surface area contributed by atoms with E-state index in [1.165, 1.54) is 16.7 Å². The van der Waals surface area contributed by atoms with Gasteiger partial charge in [0.1, 0.15) is 0 Å². The molecular weight excluding hydrogens is 191 g/mol. The first kappa shape index (κ1) is 5.95. The Hall–Kier alpha value is 0.947. The van der Waals surface area contributed by atoms with Crippen LogP contribution in [0.1, 0.15) is 13.3 Å². The highest BCUT2D eigenvalue weighted by molar-refractivity contribution is 14.1. The molecule has 0 fully saturated rings. The summed E-state index contributed by atoms with van der Waals surface area (Å²) in [6, 6.07) is 0. The standard InChI is InChI=1S/C3H9ISi/c1-2-3(4)5/h3H,2H2,1,5H3. The third-order valence-corrected chi connectivity index (χ3v) is 2.26. The van der Waals surface area contributed by atoms with Crippen molar-refractivity contribution in [1.29, 1.82) is 0 Å². The third kappa shape index (κ3) is 4.95. The SMILES string of the molecule is CCC([SiH3])I. The van der Waals surface area contributed by atoms with Gasteiger partial charge in [-0.3, -0.25) is 0 Å². The molecule has 0 rings (SSSR count). The van der Waals surface area contributed by atoms with Crippen LogP contribution < -0.4 is 0 Å². The van der Waals surface area contributed by atoms with E-state index in [2.05, 4.69) is 29.5 Å². The summed E-state index contributed by atoms with van der Waals surface area (Å²) >= 11 is 2.47. The molecule has 0 aromatic carbocycles. The summed E-state index contributed by atoms with van der Waals surface area (Å²) in [5, 5.41) is 0. The smallest absolute Gasteiger partial charge is 0.0190 e. The number of rotatable bonds is 1. The minimum absolute atomic E-state index is 0.993. The van der Waals surface area contributed by atoms with Crippen LogP contribution in [0.4, 0.5) is 0 Å². The topological polar surface area (TPSA) is 0 Å². The molecule has 0 nitrogen and oxygen atoms in total. The summed E-state index contributed by atoms with van der Waals surface area (Å²) in [4.78, 5) is 0. The van der Waals surface area contributed by atoms with Crippen LogP contribution >= 0.6 is 22.6 Å². The molecule has 2 heteroatoms. The van der Waals surface area contributed by atoms with Crippen molar-refractivity contribution < 1.29 is 0 Å². The average Bonchev–Trinajstić information content (AvgIpc) is 1.38. The van der Waals surface area contributed by atoms with Crippen molar-refractivity contribution in [2.75, 3.05) is 0 Å². The second-order valence-corrected chi connectivity index (χ2v) is 7.06. The van der Waals surface area contributed by atoms with Gasteiger partial charge in [0.25, 0.3) is 0 Å². The fourth-order valence-electron chi connectivity index (χ4n) is 0. The van der Waals surface area contributed by atoms with Crippen LogP contribution in [0.15, 0.2) is 0 Å². The average molecular weight is 200 g/mol. The van der Waals surface area contributed by atoms with Gasteiger partial charge in [0.15, 0.2) is 0 Å². The van der Waals surface area contributed by atoms with Crippen molar-refractivity contribution in [3.63, 3.8) is 0 Å². The highest BCUT2D eigenvalue weighted by Crippen LogP contribution is 1.96. The first-order valence-electron chi connectivity index (χ1n) is 1.91. The second-order valence-electron chi connectivity index (χ2n) is 1.19. The molecule has 0 aliphatic carbocycles. The molecule has 0 aromatic heterocycles. The summed E-state index contributed by atoms with van der Waals surface area (Å²) in [6.07, 6.45) is 1.35. The van der Waals surface area contributed by atoms with Gasteiger partial charge in [0, 0.05) is 10.2 Å². The largest absolute Gasteiger partial charge is 0.0872 e. The zero-order valence-electron chi connectivity index (χ0n) is 3.66. The lowest BCUT2D eigenvalue weighted by Crippen LogP contribution is -1.88. The molecule has 5 heavy (non-hydrogen) atoms. The second kappa shape index (κ2) is 3.15. The Morgan fingerprint density at radius 2 is 2.20 bits per heavy atom. The normalized spacial score (nSPS) is 15.6. The van der Waals surface area contributed by atoms with Crippen LogP contribution in [0.25, 0.3) is 0 Å². The number of hydrogen-bond acceptors (Lipinski definition) is 0. The van der Waals surface area contributed by atoms with Gasteiger partial charge < -0.3 is 0 Å². The lowest BCUT2D eigenvalue weighted by atomic mass is 10.6. The molecule has 0 aromatic rings. The first-order chi connectivity index (χ1) is 2.27. The molecule has 1 atom stereocenters. The quantitative estimate of drug-likeness (QED) is 0.329. The summed E-state index contributed by atoms with van der Waals surface area (Å²) in [7, 11) is 1.36. The lowest BCUT2D eigenvalue weighted by molar-refractivity contribution is 1.07. The zero-order chi connectivity index (χ0) is 4.28. The lowest BCUT2D eigenvalue weighted by Gasteiger charge is -1.87. The van der Waals surface area contributed by atoms with E-state index >= 15 is 0 Å². The summed E-state index contributed by atoms with van der Waals surface area (Å²) in [5.41, 5.74) is 0. The molecular formula is C3H9ISi. The van der Waals surface area contributed by atoms with Crippen LogP contribution in [0.3, 0.4) is 0 Å². The maximum absolute atomic E-state index is 2.47. The van der Waals surface area contributed by atoms with Crippen molar-refractivity contribution in [1.82, 2.24) is 0 Å². The van der Waals surface area contributed by atoms with Gasteiger partial charge in [0.2, 0.25) is 0 Å². The van der Waals surface area contributed by atoms with Crippen LogP contribution in [0.2, 0.25) is 0 Å². The molecule has 0 N–H and O–H groups in total. The molecule has 0 aliphatic rings. The van der Waals surface area contributed by atoms with Gasteiger partial charge in [0.05, 0.1) is 0 Å². The van der Waals surface area contributed by atoms with Crippen molar-refractivity contribution in [2.24, 2.45) is 0 Å². The van der Waals surface area contributed by atoms with E-state index in [1.54, 1.807) is 0 Å². The van der Waals surface area contributed by atoms with E-state index in [0.717, 1.165) is 3.55 Å². The van der Waals surface area contributed by atoms with E-state index in [4.69, 9.17) is 0 Å².